The molecule has 3 nitrogen and oxygen atoms in total. The summed E-state index contributed by atoms with van der Waals surface area (Å²) in [6.45, 7) is 5.19. The number of benzene rings is 1. The van der Waals surface area contributed by atoms with Crippen LogP contribution in [0.15, 0.2) is 18.2 Å². The van der Waals surface area contributed by atoms with Crippen molar-refractivity contribution in [2.75, 3.05) is 20.8 Å². The highest BCUT2D eigenvalue weighted by Gasteiger charge is 2.37. The maximum absolute atomic E-state index is 5.65. The second kappa shape index (κ2) is 5.93. The first kappa shape index (κ1) is 14.4. The third kappa shape index (κ3) is 3.10. The Bertz CT molecular complexity index is 421. The Morgan fingerprint density at radius 2 is 2.05 bits per heavy atom. The van der Waals surface area contributed by atoms with Crippen molar-refractivity contribution in [1.82, 2.24) is 5.32 Å². The molecule has 0 saturated heterocycles. The van der Waals surface area contributed by atoms with Gasteiger partial charge in [-0.05, 0) is 39.2 Å². The van der Waals surface area contributed by atoms with Crippen LogP contribution in [0.2, 0.25) is 0 Å². The van der Waals surface area contributed by atoms with E-state index >= 15 is 0 Å². The van der Waals surface area contributed by atoms with E-state index in [4.69, 9.17) is 9.47 Å². The van der Waals surface area contributed by atoms with Gasteiger partial charge in [-0.15, -0.1) is 0 Å². The minimum absolute atomic E-state index is 0.0608. The number of nitrogens with one attached hydrogen (secondary N) is 1. The van der Waals surface area contributed by atoms with E-state index in [0.717, 1.165) is 25.1 Å². The standard InChI is InChI=1S/C16H25NO2/c1-12-6-7-15(18-3)14(10-12)13(2)17-11-16(19-4)8-5-9-16/h6-7,10,13,17H,5,8-9,11H2,1-4H3. The monoisotopic (exact) mass is 263 g/mol. The van der Waals surface area contributed by atoms with E-state index in [1.165, 1.54) is 17.5 Å². The van der Waals surface area contributed by atoms with Crippen LogP contribution in [0.1, 0.15) is 43.4 Å². The summed E-state index contributed by atoms with van der Waals surface area (Å²) < 4.78 is 11.1. The zero-order chi connectivity index (χ0) is 13.9. The lowest BCUT2D eigenvalue weighted by molar-refractivity contribution is -0.0706. The van der Waals surface area contributed by atoms with Gasteiger partial charge in [-0.2, -0.15) is 0 Å². The lowest BCUT2D eigenvalue weighted by atomic mass is 9.79. The van der Waals surface area contributed by atoms with Crippen LogP contribution >= 0.6 is 0 Å². The number of hydrogen-bond acceptors (Lipinski definition) is 3. The molecule has 1 fully saturated rings. The highest BCUT2D eigenvalue weighted by Crippen LogP contribution is 2.35. The van der Waals surface area contributed by atoms with E-state index < -0.39 is 0 Å². The number of methoxy groups -OCH3 is 2. The van der Waals surface area contributed by atoms with Crippen LogP contribution in [0.4, 0.5) is 0 Å². The molecule has 3 heteroatoms. The Balaban J connectivity index is 2.03. The highest BCUT2D eigenvalue weighted by atomic mass is 16.5. The van der Waals surface area contributed by atoms with Gasteiger partial charge in [0, 0.05) is 25.3 Å². The van der Waals surface area contributed by atoms with Gasteiger partial charge < -0.3 is 14.8 Å². The summed E-state index contributed by atoms with van der Waals surface area (Å²) in [5.74, 6) is 0.950. The Labute approximate surface area is 116 Å². The van der Waals surface area contributed by atoms with Gasteiger partial charge in [0.25, 0.3) is 0 Å². The van der Waals surface area contributed by atoms with Crippen LogP contribution in [0, 0.1) is 6.92 Å². The molecular weight excluding hydrogens is 238 g/mol. The minimum atomic E-state index is 0.0608. The van der Waals surface area contributed by atoms with Crippen molar-refractivity contribution < 1.29 is 9.47 Å². The Hall–Kier alpha value is -1.06. The highest BCUT2D eigenvalue weighted by molar-refractivity contribution is 5.38. The molecule has 1 aromatic carbocycles. The lowest BCUT2D eigenvalue weighted by Gasteiger charge is -2.41. The molecule has 0 spiro atoms. The van der Waals surface area contributed by atoms with Crippen LogP contribution < -0.4 is 10.1 Å². The van der Waals surface area contributed by atoms with Gasteiger partial charge in [-0.25, -0.2) is 0 Å². The molecule has 0 amide bonds. The van der Waals surface area contributed by atoms with E-state index in [1.54, 1.807) is 7.11 Å². The van der Waals surface area contributed by atoms with Crippen molar-refractivity contribution >= 4 is 0 Å². The minimum Gasteiger partial charge on any atom is -0.496 e. The van der Waals surface area contributed by atoms with Gasteiger partial charge in [-0.3, -0.25) is 0 Å². The average molecular weight is 263 g/mol. The smallest absolute Gasteiger partial charge is 0.123 e. The lowest BCUT2D eigenvalue weighted by Crippen LogP contribution is -2.48. The van der Waals surface area contributed by atoms with E-state index in [-0.39, 0.29) is 11.6 Å². The maximum Gasteiger partial charge on any atom is 0.123 e. The Morgan fingerprint density at radius 3 is 2.58 bits per heavy atom. The van der Waals surface area contributed by atoms with Crippen molar-refractivity contribution in [2.45, 2.75) is 44.8 Å². The third-order valence-corrected chi connectivity index (χ3v) is 4.28. The van der Waals surface area contributed by atoms with Crippen molar-refractivity contribution in [3.8, 4) is 5.75 Å². The topological polar surface area (TPSA) is 30.5 Å². The average Bonchev–Trinajstić information content (AvgIpc) is 2.37. The largest absolute Gasteiger partial charge is 0.496 e. The van der Waals surface area contributed by atoms with Gasteiger partial charge in [0.1, 0.15) is 5.75 Å². The van der Waals surface area contributed by atoms with Gasteiger partial charge >= 0.3 is 0 Å². The second-order valence-electron chi connectivity index (χ2n) is 5.59. The quantitative estimate of drug-likeness (QED) is 0.855. The molecule has 0 heterocycles. The molecule has 0 aliphatic heterocycles. The molecule has 0 bridgehead atoms. The predicted molar refractivity (Wildman–Crippen MR) is 77.7 cm³/mol. The number of aryl methyl sites for hydroxylation is 1. The molecule has 1 atom stereocenters. The van der Waals surface area contributed by atoms with E-state index in [2.05, 4.69) is 31.3 Å². The van der Waals surface area contributed by atoms with Crippen LogP contribution in [-0.4, -0.2) is 26.4 Å². The molecule has 0 aromatic heterocycles. The summed E-state index contributed by atoms with van der Waals surface area (Å²) in [5, 5.41) is 3.59. The third-order valence-electron chi connectivity index (χ3n) is 4.28. The van der Waals surface area contributed by atoms with Gasteiger partial charge in [0.2, 0.25) is 0 Å². The van der Waals surface area contributed by atoms with Crippen LogP contribution in [-0.2, 0) is 4.74 Å². The molecule has 106 valence electrons. The van der Waals surface area contributed by atoms with E-state index in [9.17, 15) is 0 Å². The molecule has 1 aromatic rings. The first-order valence-electron chi connectivity index (χ1n) is 7.03. The molecule has 19 heavy (non-hydrogen) atoms. The summed E-state index contributed by atoms with van der Waals surface area (Å²) in [6.07, 6.45) is 3.60. The Morgan fingerprint density at radius 1 is 1.32 bits per heavy atom. The molecular formula is C16H25NO2. The fraction of sp³-hybridized carbons (Fsp3) is 0.625. The molecule has 1 unspecified atom stereocenters. The number of hydrogen-bond donors (Lipinski definition) is 1. The van der Waals surface area contributed by atoms with Gasteiger partial charge in [0.05, 0.1) is 12.7 Å². The molecule has 1 saturated carbocycles. The SMILES string of the molecule is COc1ccc(C)cc1C(C)NCC1(OC)CCC1. The predicted octanol–water partition coefficient (Wildman–Crippen LogP) is 3.22. The zero-order valence-electron chi connectivity index (χ0n) is 12.5. The molecule has 1 aliphatic carbocycles. The summed E-state index contributed by atoms with van der Waals surface area (Å²) in [5.41, 5.74) is 2.54. The van der Waals surface area contributed by atoms with Crippen molar-refractivity contribution in [1.29, 1.82) is 0 Å². The number of rotatable bonds is 6. The fourth-order valence-electron chi connectivity index (χ4n) is 2.67. The van der Waals surface area contributed by atoms with Gasteiger partial charge in [0.15, 0.2) is 0 Å². The molecule has 1 aliphatic rings. The summed E-state index contributed by atoms with van der Waals surface area (Å²) in [6, 6.07) is 6.58. The molecule has 2 rings (SSSR count). The number of ether oxygens (including phenoxy) is 2. The van der Waals surface area contributed by atoms with Gasteiger partial charge in [-0.1, -0.05) is 17.7 Å². The van der Waals surface area contributed by atoms with Crippen LogP contribution in [0.25, 0.3) is 0 Å². The van der Waals surface area contributed by atoms with Crippen LogP contribution in [0.5, 0.6) is 5.75 Å². The van der Waals surface area contributed by atoms with E-state index in [1.807, 2.05) is 13.2 Å². The molecule has 1 N–H and O–H groups in total. The van der Waals surface area contributed by atoms with Crippen molar-refractivity contribution in [2.24, 2.45) is 0 Å². The fourth-order valence-corrected chi connectivity index (χ4v) is 2.67. The van der Waals surface area contributed by atoms with E-state index in [0.29, 0.717) is 0 Å². The maximum atomic E-state index is 5.65. The van der Waals surface area contributed by atoms with Crippen molar-refractivity contribution in [3.05, 3.63) is 29.3 Å². The summed E-state index contributed by atoms with van der Waals surface area (Å²) in [7, 11) is 3.54. The Kier molecular flexibility index (Phi) is 4.48. The summed E-state index contributed by atoms with van der Waals surface area (Å²) >= 11 is 0. The van der Waals surface area contributed by atoms with Crippen LogP contribution in [0.3, 0.4) is 0 Å². The normalized spacial score (nSPS) is 18.7. The molecule has 0 radical (unpaired) electrons. The van der Waals surface area contributed by atoms with Crippen molar-refractivity contribution in [3.63, 3.8) is 0 Å². The second-order valence-corrected chi connectivity index (χ2v) is 5.59. The first-order chi connectivity index (χ1) is 9.10. The summed E-state index contributed by atoms with van der Waals surface area (Å²) in [4.78, 5) is 0. The first-order valence-corrected chi connectivity index (χ1v) is 7.03. The zero-order valence-corrected chi connectivity index (χ0v) is 12.5.